The largest absolute Gasteiger partial charge is 0.478 e. The summed E-state index contributed by atoms with van der Waals surface area (Å²) < 4.78 is 27.5. The molecular formula is C12H14BrNO5S. The molecule has 0 atom stereocenters. The maximum atomic E-state index is 12.3. The summed E-state index contributed by atoms with van der Waals surface area (Å²) in [5, 5.41) is 18.2. The zero-order valence-electron chi connectivity index (χ0n) is 10.7. The number of hydrogen-bond donors (Lipinski definition) is 3. The Kier molecular flexibility index (Phi) is 3.94. The molecule has 0 bridgehead atoms. The van der Waals surface area contributed by atoms with Crippen LogP contribution in [-0.4, -0.2) is 36.7 Å². The van der Waals surface area contributed by atoms with Gasteiger partial charge < -0.3 is 10.2 Å². The lowest BCUT2D eigenvalue weighted by Gasteiger charge is -2.16. The van der Waals surface area contributed by atoms with Crippen molar-refractivity contribution in [1.29, 1.82) is 0 Å². The van der Waals surface area contributed by atoms with Crippen LogP contribution in [0.2, 0.25) is 0 Å². The molecule has 0 heterocycles. The van der Waals surface area contributed by atoms with E-state index in [2.05, 4.69) is 20.7 Å². The van der Waals surface area contributed by atoms with Gasteiger partial charge in [-0.2, -0.15) is 0 Å². The molecule has 8 heteroatoms. The van der Waals surface area contributed by atoms with E-state index >= 15 is 0 Å². The Hall–Kier alpha value is -0.960. The minimum Gasteiger partial charge on any atom is -0.478 e. The second-order valence-corrected chi connectivity index (χ2v) is 7.40. The molecule has 0 radical (unpaired) electrons. The molecule has 1 aromatic rings. The average Bonchev–Trinajstić information content (AvgIpc) is 3.11. The molecule has 0 saturated heterocycles. The van der Waals surface area contributed by atoms with Gasteiger partial charge in [-0.1, -0.05) is 0 Å². The summed E-state index contributed by atoms with van der Waals surface area (Å²) in [7, 11) is -3.90. The number of aliphatic hydroxyl groups is 1. The lowest BCUT2D eigenvalue weighted by molar-refractivity contribution is 0.0696. The molecule has 110 valence electrons. The number of aliphatic hydroxyl groups excluding tert-OH is 1. The van der Waals surface area contributed by atoms with Crippen molar-refractivity contribution in [3.8, 4) is 0 Å². The van der Waals surface area contributed by atoms with Crippen LogP contribution in [0.5, 0.6) is 0 Å². The molecule has 0 unspecified atom stereocenters. The van der Waals surface area contributed by atoms with Crippen LogP contribution < -0.4 is 4.72 Å². The number of nitrogens with one attached hydrogen (secondary N) is 1. The van der Waals surface area contributed by atoms with Gasteiger partial charge in [0.25, 0.3) is 0 Å². The van der Waals surface area contributed by atoms with Gasteiger partial charge in [-0.15, -0.1) is 0 Å². The van der Waals surface area contributed by atoms with E-state index in [1.165, 1.54) is 6.07 Å². The smallest absolute Gasteiger partial charge is 0.335 e. The van der Waals surface area contributed by atoms with Crippen molar-refractivity contribution in [2.75, 3.05) is 6.61 Å². The third kappa shape index (κ3) is 2.88. The Morgan fingerprint density at radius 3 is 2.50 bits per heavy atom. The SMILES string of the molecule is Cc1cc(C(=O)O)cc(S(=O)(=O)NC2(CO)CC2)c1Br. The summed E-state index contributed by atoms with van der Waals surface area (Å²) in [6, 6.07) is 2.50. The highest BCUT2D eigenvalue weighted by atomic mass is 79.9. The van der Waals surface area contributed by atoms with Crippen LogP contribution in [0.3, 0.4) is 0 Å². The van der Waals surface area contributed by atoms with Gasteiger partial charge in [-0.3, -0.25) is 0 Å². The van der Waals surface area contributed by atoms with Crippen molar-refractivity contribution in [3.05, 3.63) is 27.7 Å². The Morgan fingerprint density at radius 2 is 2.05 bits per heavy atom. The molecule has 1 aliphatic carbocycles. The van der Waals surface area contributed by atoms with Gasteiger partial charge in [0.15, 0.2) is 0 Å². The topological polar surface area (TPSA) is 104 Å². The second kappa shape index (κ2) is 5.10. The van der Waals surface area contributed by atoms with Crippen LogP contribution >= 0.6 is 15.9 Å². The Balaban J connectivity index is 2.48. The number of benzene rings is 1. The highest BCUT2D eigenvalue weighted by Gasteiger charge is 2.46. The summed E-state index contributed by atoms with van der Waals surface area (Å²) in [6.07, 6.45) is 1.13. The number of rotatable bonds is 5. The maximum Gasteiger partial charge on any atom is 0.335 e. The van der Waals surface area contributed by atoms with E-state index in [9.17, 15) is 18.3 Å². The highest BCUT2D eigenvalue weighted by molar-refractivity contribution is 9.10. The first-order valence-electron chi connectivity index (χ1n) is 5.89. The number of carbonyl (C=O) groups is 1. The second-order valence-electron chi connectivity index (χ2n) is 4.95. The number of aromatic carboxylic acids is 1. The molecule has 0 spiro atoms. The third-order valence-corrected chi connectivity index (χ3v) is 6.18. The quantitative estimate of drug-likeness (QED) is 0.730. The van der Waals surface area contributed by atoms with Gasteiger partial charge in [-0.25, -0.2) is 17.9 Å². The van der Waals surface area contributed by atoms with Crippen molar-refractivity contribution in [1.82, 2.24) is 4.72 Å². The third-order valence-electron chi connectivity index (χ3n) is 3.26. The first kappa shape index (κ1) is 15.4. The van der Waals surface area contributed by atoms with E-state index < -0.39 is 21.5 Å². The summed E-state index contributed by atoms with van der Waals surface area (Å²) in [5.74, 6) is -1.19. The van der Waals surface area contributed by atoms with Crippen LogP contribution in [0.4, 0.5) is 0 Å². The summed E-state index contributed by atoms with van der Waals surface area (Å²) >= 11 is 3.17. The molecule has 1 aromatic carbocycles. The minimum atomic E-state index is -3.90. The number of carboxylic acid groups (broad SMARTS) is 1. The van der Waals surface area contributed by atoms with Gasteiger partial charge in [0, 0.05) is 4.47 Å². The molecule has 20 heavy (non-hydrogen) atoms. The van der Waals surface area contributed by atoms with Crippen molar-refractivity contribution >= 4 is 31.9 Å². The number of hydrogen-bond acceptors (Lipinski definition) is 4. The van der Waals surface area contributed by atoms with E-state index in [-0.39, 0.29) is 17.1 Å². The van der Waals surface area contributed by atoms with Crippen molar-refractivity contribution in [2.45, 2.75) is 30.2 Å². The number of aryl methyl sites for hydroxylation is 1. The first-order chi connectivity index (χ1) is 9.21. The van der Waals surface area contributed by atoms with Gasteiger partial charge in [0.2, 0.25) is 10.0 Å². The Labute approximate surface area is 125 Å². The molecule has 0 amide bonds. The molecular weight excluding hydrogens is 350 g/mol. The van der Waals surface area contributed by atoms with Gasteiger partial charge in [-0.05, 0) is 53.4 Å². The van der Waals surface area contributed by atoms with Gasteiger partial charge in [0.1, 0.15) is 0 Å². The van der Waals surface area contributed by atoms with Crippen LogP contribution in [0, 0.1) is 6.92 Å². The molecule has 0 aliphatic heterocycles. The number of halogens is 1. The molecule has 6 nitrogen and oxygen atoms in total. The number of sulfonamides is 1. The first-order valence-corrected chi connectivity index (χ1v) is 8.17. The predicted molar refractivity (Wildman–Crippen MR) is 75.2 cm³/mol. The van der Waals surface area contributed by atoms with Crippen molar-refractivity contribution in [2.24, 2.45) is 0 Å². The lowest BCUT2D eigenvalue weighted by atomic mass is 10.1. The minimum absolute atomic E-state index is 0.0973. The van der Waals surface area contributed by atoms with E-state index in [1.54, 1.807) is 6.92 Å². The summed E-state index contributed by atoms with van der Waals surface area (Å²) in [4.78, 5) is 10.9. The summed E-state index contributed by atoms with van der Waals surface area (Å²) in [5.41, 5.74) is -0.384. The van der Waals surface area contributed by atoms with Crippen LogP contribution in [0.15, 0.2) is 21.5 Å². The van der Waals surface area contributed by atoms with Crippen LogP contribution in [0.25, 0.3) is 0 Å². The van der Waals surface area contributed by atoms with Crippen molar-refractivity contribution in [3.63, 3.8) is 0 Å². The lowest BCUT2D eigenvalue weighted by Crippen LogP contribution is -2.39. The standard InChI is InChI=1S/C12H14BrNO5S/c1-7-4-8(11(16)17)5-9(10(7)13)20(18,19)14-12(6-15)2-3-12/h4-5,14-15H,2-3,6H2,1H3,(H,16,17). The predicted octanol–water partition coefficient (Wildman–Crippen LogP) is 1.26. The van der Waals surface area contributed by atoms with Gasteiger partial charge in [0.05, 0.1) is 22.6 Å². The molecule has 1 saturated carbocycles. The fourth-order valence-electron chi connectivity index (χ4n) is 1.84. The molecule has 1 fully saturated rings. The maximum absolute atomic E-state index is 12.3. The molecule has 0 aromatic heterocycles. The van der Waals surface area contributed by atoms with Crippen LogP contribution in [-0.2, 0) is 10.0 Å². The van der Waals surface area contributed by atoms with Gasteiger partial charge >= 0.3 is 5.97 Å². The molecule has 2 rings (SSSR count). The molecule has 1 aliphatic rings. The van der Waals surface area contributed by atoms with E-state index in [4.69, 9.17) is 5.11 Å². The normalized spacial score (nSPS) is 16.9. The highest BCUT2D eigenvalue weighted by Crippen LogP contribution is 2.37. The van der Waals surface area contributed by atoms with E-state index in [0.717, 1.165) is 6.07 Å². The fraction of sp³-hybridized carbons (Fsp3) is 0.417. The van der Waals surface area contributed by atoms with E-state index in [0.29, 0.717) is 22.9 Å². The monoisotopic (exact) mass is 363 g/mol. The zero-order valence-corrected chi connectivity index (χ0v) is 13.1. The number of carboxylic acids is 1. The Morgan fingerprint density at radius 1 is 1.45 bits per heavy atom. The van der Waals surface area contributed by atoms with Crippen LogP contribution in [0.1, 0.15) is 28.8 Å². The summed E-state index contributed by atoms with van der Waals surface area (Å²) in [6.45, 7) is 1.34. The Bertz CT molecular complexity index is 667. The van der Waals surface area contributed by atoms with E-state index in [1.807, 2.05) is 0 Å². The van der Waals surface area contributed by atoms with Crippen molar-refractivity contribution < 1.29 is 23.4 Å². The average molecular weight is 364 g/mol. The molecule has 3 N–H and O–H groups in total. The zero-order chi connectivity index (χ0) is 15.1. The fourth-order valence-corrected chi connectivity index (χ4v) is 4.34.